The Morgan fingerprint density at radius 1 is 1.09 bits per heavy atom. The Balaban J connectivity index is 1.03. The van der Waals surface area contributed by atoms with Crippen molar-refractivity contribution in [1.82, 2.24) is 9.88 Å². The van der Waals surface area contributed by atoms with Crippen LogP contribution in [0.25, 0.3) is 0 Å². The summed E-state index contributed by atoms with van der Waals surface area (Å²) in [5, 5.41) is 14.8. The lowest BCUT2D eigenvalue weighted by Gasteiger charge is -2.47. The topological polar surface area (TPSA) is 102 Å². The number of methoxy groups -OCH3 is 1. The van der Waals surface area contributed by atoms with E-state index in [2.05, 4.69) is 43.2 Å². The van der Waals surface area contributed by atoms with E-state index in [4.69, 9.17) is 35.5 Å². The molecule has 2 aromatic carbocycles. The molecule has 0 unspecified atom stereocenters. The molecule has 1 aromatic heterocycles. The zero-order chi connectivity index (χ0) is 39.0. The van der Waals surface area contributed by atoms with E-state index >= 15 is 0 Å². The molecular formula is C46H60ClN3O6. The lowest BCUT2D eigenvalue weighted by atomic mass is 9.59. The van der Waals surface area contributed by atoms with Crippen molar-refractivity contribution >= 4 is 23.3 Å². The van der Waals surface area contributed by atoms with Gasteiger partial charge in [-0.25, -0.2) is 4.79 Å². The van der Waals surface area contributed by atoms with E-state index in [-0.39, 0.29) is 11.5 Å². The summed E-state index contributed by atoms with van der Waals surface area (Å²) >= 11 is 6.33. The van der Waals surface area contributed by atoms with Gasteiger partial charge in [-0.2, -0.15) is 0 Å². The molecule has 10 heteroatoms. The number of carbonyl (C=O) groups is 1. The number of aromatic nitrogens is 1. The van der Waals surface area contributed by atoms with Crippen molar-refractivity contribution in [3.05, 3.63) is 76.1 Å². The van der Waals surface area contributed by atoms with Crippen LogP contribution in [0.1, 0.15) is 113 Å². The van der Waals surface area contributed by atoms with Crippen molar-refractivity contribution in [2.75, 3.05) is 39.2 Å². The number of aryl methyl sites for hydroxylation is 1. The average molecular weight is 786 g/mol. The first-order valence-electron chi connectivity index (χ1n) is 21.1. The molecule has 9 nitrogen and oxygen atoms in total. The van der Waals surface area contributed by atoms with Crippen LogP contribution in [0.2, 0.25) is 5.02 Å². The predicted molar refractivity (Wildman–Crippen MR) is 220 cm³/mol. The summed E-state index contributed by atoms with van der Waals surface area (Å²) < 4.78 is 25.5. The van der Waals surface area contributed by atoms with E-state index in [9.17, 15) is 9.90 Å². The van der Waals surface area contributed by atoms with Gasteiger partial charge >= 0.3 is 5.97 Å². The number of carboxylic acid groups (broad SMARTS) is 1. The number of halogens is 1. The van der Waals surface area contributed by atoms with Crippen LogP contribution in [-0.2, 0) is 27.8 Å². The molecule has 3 aromatic rings. The second kappa shape index (κ2) is 16.4. The van der Waals surface area contributed by atoms with Crippen molar-refractivity contribution in [2.24, 2.45) is 11.8 Å². The largest absolute Gasteiger partial charge is 0.493 e. The SMILES string of the molecule is COC1CCC(N(C)C[C@H]2COc3cc4c(cc3O2)C2(CCC(Nc3cccc(Cl)c3)(C(=O)O)CC2)[C@@H](C[C@@H](C)COc2ccnc3c2[C@H](C)CCC3)C4)CC1. The van der Waals surface area contributed by atoms with Gasteiger partial charge in [0, 0.05) is 47.9 Å². The van der Waals surface area contributed by atoms with Crippen molar-refractivity contribution in [1.29, 1.82) is 0 Å². The Hall–Kier alpha value is -3.53. The highest BCUT2D eigenvalue weighted by Crippen LogP contribution is 2.58. The minimum atomic E-state index is -1.08. The van der Waals surface area contributed by atoms with Crippen molar-refractivity contribution in [3.63, 3.8) is 0 Å². The van der Waals surface area contributed by atoms with Gasteiger partial charge in [-0.05, 0) is 161 Å². The number of fused-ring (bicyclic) bond motifs is 4. The molecule has 0 saturated heterocycles. The molecule has 2 heterocycles. The van der Waals surface area contributed by atoms with Crippen molar-refractivity contribution < 1.29 is 28.8 Å². The maximum absolute atomic E-state index is 13.1. The van der Waals surface area contributed by atoms with Crippen LogP contribution >= 0.6 is 11.6 Å². The highest BCUT2D eigenvalue weighted by atomic mass is 35.5. The Bertz CT molecular complexity index is 1870. The normalized spacial score (nSPS) is 30.1. The fourth-order valence-corrected chi connectivity index (χ4v) is 11.2. The summed E-state index contributed by atoms with van der Waals surface area (Å²) in [6, 6.07) is 14.5. The molecule has 2 saturated carbocycles. The Labute approximate surface area is 337 Å². The molecule has 8 rings (SSSR count). The third-order valence-corrected chi connectivity index (χ3v) is 14.4. The number of nitrogens with zero attached hydrogens (tertiary/aromatic N) is 2. The molecule has 302 valence electrons. The highest BCUT2D eigenvalue weighted by molar-refractivity contribution is 6.30. The van der Waals surface area contributed by atoms with E-state index in [1.807, 2.05) is 43.6 Å². The molecule has 1 aliphatic heterocycles. The molecular weight excluding hydrogens is 726 g/mol. The maximum Gasteiger partial charge on any atom is 0.329 e. The number of aliphatic carboxylic acids is 1. The van der Waals surface area contributed by atoms with Crippen LogP contribution in [0.3, 0.4) is 0 Å². The second-order valence-electron chi connectivity index (χ2n) is 17.8. The number of rotatable bonds is 12. The number of ether oxygens (including phenoxy) is 4. The monoisotopic (exact) mass is 785 g/mol. The second-order valence-corrected chi connectivity index (χ2v) is 18.2. The van der Waals surface area contributed by atoms with Crippen LogP contribution in [0.5, 0.6) is 17.2 Å². The summed E-state index contributed by atoms with van der Waals surface area (Å²) in [6.07, 6.45) is 14.4. The summed E-state index contributed by atoms with van der Waals surface area (Å²) in [5.41, 5.74) is 4.55. The third-order valence-electron chi connectivity index (χ3n) is 14.2. The number of nitrogens with one attached hydrogen (secondary N) is 1. The highest BCUT2D eigenvalue weighted by Gasteiger charge is 2.54. The van der Waals surface area contributed by atoms with Crippen molar-refractivity contribution in [3.8, 4) is 17.2 Å². The Morgan fingerprint density at radius 2 is 1.89 bits per heavy atom. The first-order chi connectivity index (χ1) is 27.1. The number of carboxylic acids is 1. The zero-order valence-electron chi connectivity index (χ0n) is 33.7. The first-order valence-corrected chi connectivity index (χ1v) is 21.5. The van der Waals surface area contributed by atoms with E-state index in [1.54, 1.807) is 0 Å². The van der Waals surface area contributed by atoms with Crippen molar-refractivity contribution in [2.45, 2.75) is 132 Å². The summed E-state index contributed by atoms with van der Waals surface area (Å²) in [6.45, 7) is 6.56. The van der Waals surface area contributed by atoms with Gasteiger partial charge in [0.05, 0.1) is 12.7 Å². The molecule has 0 bridgehead atoms. The Kier molecular flexibility index (Phi) is 11.5. The van der Waals surface area contributed by atoms with E-state index < -0.39 is 11.5 Å². The molecule has 2 fully saturated rings. The van der Waals surface area contributed by atoms with E-state index in [0.29, 0.717) is 61.0 Å². The number of anilines is 1. The fraction of sp³-hybridized carbons (Fsp3) is 0.609. The molecule has 1 spiro atoms. The van der Waals surface area contributed by atoms with Gasteiger partial charge in [0.2, 0.25) is 0 Å². The minimum absolute atomic E-state index is 0.0643. The lowest BCUT2D eigenvalue weighted by Crippen LogP contribution is -2.53. The molecule has 0 radical (unpaired) electrons. The van der Waals surface area contributed by atoms with Gasteiger partial charge in [0.25, 0.3) is 0 Å². The molecule has 0 amide bonds. The molecule has 56 heavy (non-hydrogen) atoms. The molecule has 5 aliphatic rings. The standard InChI is InChI=1S/C46H60ClN3O6/c1-29(27-54-40-15-20-48-39-10-5-7-30(2)43(39)40)21-32-22-31-23-41-42(56-37(28-55-41)26-50(3)35-11-13-36(53-4)14-12-35)25-38(31)45(32)16-18-46(19-17-45,44(51)52)49-34-9-6-8-33(47)24-34/h6,8-9,15,20,23-25,29-30,32,35-37,49H,5,7,10-14,16-19,21-22,26-28H2,1-4H3,(H,51,52)/t29-,30-,32+,35?,36?,37+,45?,46?/m1/s1. The fourth-order valence-electron chi connectivity index (χ4n) is 11.0. The number of benzene rings is 2. The zero-order valence-corrected chi connectivity index (χ0v) is 34.4. The van der Waals surface area contributed by atoms with E-state index in [0.717, 1.165) is 87.3 Å². The minimum Gasteiger partial charge on any atom is -0.493 e. The van der Waals surface area contributed by atoms with Gasteiger partial charge in [0.1, 0.15) is 24.0 Å². The lowest BCUT2D eigenvalue weighted by molar-refractivity contribution is -0.144. The molecule has 2 N–H and O–H groups in total. The summed E-state index contributed by atoms with van der Waals surface area (Å²) in [4.78, 5) is 20.3. The van der Waals surface area contributed by atoms with Gasteiger partial charge in [0.15, 0.2) is 11.5 Å². The maximum atomic E-state index is 13.1. The summed E-state index contributed by atoms with van der Waals surface area (Å²) in [5.74, 6) is 2.89. The van der Waals surface area contributed by atoms with Gasteiger partial charge < -0.3 is 29.4 Å². The predicted octanol–water partition coefficient (Wildman–Crippen LogP) is 9.23. The third kappa shape index (κ3) is 7.85. The number of hydrogen-bond donors (Lipinski definition) is 2. The first kappa shape index (κ1) is 39.3. The van der Waals surface area contributed by atoms with Gasteiger partial charge in [-0.15, -0.1) is 0 Å². The van der Waals surface area contributed by atoms with Crippen LogP contribution in [0.4, 0.5) is 5.69 Å². The van der Waals surface area contributed by atoms with Crippen LogP contribution in [0, 0.1) is 11.8 Å². The quantitative estimate of drug-likeness (QED) is 0.186. The number of hydrogen-bond acceptors (Lipinski definition) is 8. The van der Waals surface area contributed by atoms with E-state index in [1.165, 1.54) is 35.2 Å². The Morgan fingerprint density at radius 3 is 2.64 bits per heavy atom. The van der Waals surface area contributed by atoms with Gasteiger partial charge in [-0.3, -0.25) is 9.88 Å². The van der Waals surface area contributed by atoms with Crippen LogP contribution < -0.4 is 19.5 Å². The molecule has 4 atom stereocenters. The molecule has 4 aliphatic carbocycles. The number of pyridine rings is 1. The van der Waals surface area contributed by atoms with Crippen LogP contribution in [-0.4, -0.2) is 78.7 Å². The van der Waals surface area contributed by atoms with Crippen LogP contribution in [0.15, 0.2) is 48.7 Å². The number of likely N-dealkylation sites (N-methyl/N-ethyl adjacent to an activating group) is 1. The smallest absolute Gasteiger partial charge is 0.329 e. The van der Waals surface area contributed by atoms with Gasteiger partial charge in [-0.1, -0.05) is 31.5 Å². The summed E-state index contributed by atoms with van der Waals surface area (Å²) in [7, 11) is 4.03. The average Bonchev–Trinajstić information content (AvgIpc) is 3.47.